The van der Waals surface area contributed by atoms with Crippen molar-refractivity contribution in [2.24, 2.45) is 0 Å². The van der Waals surface area contributed by atoms with Crippen molar-refractivity contribution >= 4 is 22.8 Å². The van der Waals surface area contributed by atoms with Crippen LogP contribution in [0.2, 0.25) is 0 Å². The van der Waals surface area contributed by atoms with Crippen molar-refractivity contribution in [1.29, 1.82) is 0 Å². The van der Waals surface area contributed by atoms with Gasteiger partial charge >= 0.3 is 0 Å². The number of hydrogen-bond acceptors (Lipinski definition) is 5. The standard InChI is InChI=1S/C15H16N4O3/c1-10(2)8-14(20)18-6-3-7-19(18)15(21)11-4-5-12-13(9-11)17-22-16-12/h4-5,8-9H,3,6-7H2,1-2H3. The topological polar surface area (TPSA) is 79.5 Å². The fourth-order valence-electron chi connectivity index (χ4n) is 2.44. The average Bonchev–Trinajstić information content (AvgIpc) is 3.13. The van der Waals surface area contributed by atoms with Crippen LogP contribution in [0.1, 0.15) is 30.6 Å². The number of amides is 2. The van der Waals surface area contributed by atoms with Crippen LogP contribution < -0.4 is 0 Å². The SMILES string of the molecule is CC(C)=CC(=O)N1CCCN1C(=O)c1ccc2nonc2c1. The molecule has 0 spiro atoms. The fraction of sp³-hybridized carbons (Fsp3) is 0.333. The molecule has 1 aromatic heterocycles. The summed E-state index contributed by atoms with van der Waals surface area (Å²) >= 11 is 0. The van der Waals surface area contributed by atoms with E-state index in [4.69, 9.17) is 0 Å². The maximum absolute atomic E-state index is 12.6. The number of benzene rings is 1. The number of nitrogens with zero attached hydrogens (tertiary/aromatic N) is 4. The molecule has 0 saturated carbocycles. The first-order valence-corrected chi connectivity index (χ1v) is 7.07. The molecular weight excluding hydrogens is 284 g/mol. The van der Waals surface area contributed by atoms with Gasteiger partial charge in [0.15, 0.2) is 0 Å². The second kappa shape index (κ2) is 5.59. The molecule has 114 valence electrons. The maximum atomic E-state index is 12.6. The summed E-state index contributed by atoms with van der Waals surface area (Å²) in [6, 6.07) is 4.96. The minimum Gasteiger partial charge on any atom is -0.268 e. The van der Waals surface area contributed by atoms with Crippen LogP contribution in [0, 0.1) is 0 Å². The Hall–Kier alpha value is -2.70. The molecule has 2 heterocycles. The molecule has 0 radical (unpaired) electrons. The van der Waals surface area contributed by atoms with Crippen LogP contribution in [0.5, 0.6) is 0 Å². The van der Waals surface area contributed by atoms with Crippen molar-refractivity contribution in [3.05, 3.63) is 35.4 Å². The van der Waals surface area contributed by atoms with Crippen molar-refractivity contribution in [3.8, 4) is 0 Å². The molecule has 7 heteroatoms. The first-order valence-electron chi connectivity index (χ1n) is 7.07. The number of hydrazine groups is 1. The predicted molar refractivity (Wildman–Crippen MR) is 78.6 cm³/mol. The Bertz CT molecular complexity index is 761. The summed E-state index contributed by atoms with van der Waals surface area (Å²) in [4.78, 5) is 24.8. The van der Waals surface area contributed by atoms with Gasteiger partial charge in [0.05, 0.1) is 0 Å². The van der Waals surface area contributed by atoms with E-state index in [1.54, 1.807) is 18.2 Å². The molecule has 0 unspecified atom stereocenters. The van der Waals surface area contributed by atoms with Gasteiger partial charge in [0.2, 0.25) is 0 Å². The highest BCUT2D eigenvalue weighted by Crippen LogP contribution is 2.18. The zero-order valence-electron chi connectivity index (χ0n) is 12.4. The Morgan fingerprint density at radius 2 is 1.86 bits per heavy atom. The Morgan fingerprint density at radius 3 is 2.64 bits per heavy atom. The number of carbonyl (C=O) groups is 2. The molecule has 1 saturated heterocycles. The minimum atomic E-state index is -0.224. The van der Waals surface area contributed by atoms with E-state index in [0.717, 1.165) is 12.0 Å². The monoisotopic (exact) mass is 300 g/mol. The quantitative estimate of drug-likeness (QED) is 0.790. The molecule has 0 aliphatic carbocycles. The summed E-state index contributed by atoms with van der Waals surface area (Å²) in [5, 5.41) is 10.4. The van der Waals surface area contributed by atoms with Crippen molar-refractivity contribution in [2.45, 2.75) is 20.3 Å². The molecule has 1 aliphatic rings. The van der Waals surface area contributed by atoms with Gasteiger partial charge in [-0.25, -0.2) is 14.6 Å². The fourth-order valence-corrected chi connectivity index (χ4v) is 2.44. The van der Waals surface area contributed by atoms with E-state index in [1.165, 1.54) is 16.1 Å². The zero-order chi connectivity index (χ0) is 15.7. The molecule has 1 aromatic carbocycles. The second-order valence-corrected chi connectivity index (χ2v) is 5.43. The summed E-state index contributed by atoms with van der Waals surface area (Å²) in [7, 11) is 0. The zero-order valence-corrected chi connectivity index (χ0v) is 12.4. The lowest BCUT2D eigenvalue weighted by Crippen LogP contribution is -2.44. The molecule has 0 bridgehead atoms. The van der Waals surface area contributed by atoms with E-state index < -0.39 is 0 Å². The van der Waals surface area contributed by atoms with Crippen LogP contribution in [-0.4, -0.2) is 45.2 Å². The van der Waals surface area contributed by atoms with Gasteiger partial charge in [0.1, 0.15) is 11.0 Å². The van der Waals surface area contributed by atoms with E-state index in [0.29, 0.717) is 29.7 Å². The van der Waals surface area contributed by atoms with Gasteiger partial charge in [0.25, 0.3) is 11.8 Å². The third-order valence-electron chi connectivity index (χ3n) is 3.43. The van der Waals surface area contributed by atoms with Gasteiger partial charge < -0.3 is 0 Å². The number of fused-ring (bicyclic) bond motifs is 1. The van der Waals surface area contributed by atoms with Gasteiger partial charge in [-0.05, 0) is 48.8 Å². The summed E-state index contributed by atoms with van der Waals surface area (Å²) in [6.07, 6.45) is 2.30. The third-order valence-corrected chi connectivity index (χ3v) is 3.43. The third kappa shape index (κ3) is 2.57. The Kier molecular flexibility index (Phi) is 3.62. The molecule has 7 nitrogen and oxygen atoms in total. The van der Waals surface area contributed by atoms with Crippen LogP contribution in [0.4, 0.5) is 0 Å². The molecule has 22 heavy (non-hydrogen) atoms. The number of allylic oxidation sites excluding steroid dienone is 1. The first-order chi connectivity index (χ1) is 10.6. The highest BCUT2D eigenvalue weighted by atomic mass is 16.6. The molecule has 1 aliphatic heterocycles. The predicted octanol–water partition coefficient (Wildman–Crippen LogP) is 1.78. The molecule has 1 fully saturated rings. The minimum absolute atomic E-state index is 0.171. The molecule has 0 atom stereocenters. The number of hydrogen-bond donors (Lipinski definition) is 0. The molecule has 2 aromatic rings. The second-order valence-electron chi connectivity index (χ2n) is 5.43. The molecule has 3 rings (SSSR count). The van der Waals surface area contributed by atoms with Crippen LogP contribution in [-0.2, 0) is 4.79 Å². The van der Waals surface area contributed by atoms with Crippen molar-refractivity contribution < 1.29 is 14.2 Å². The van der Waals surface area contributed by atoms with Crippen LogP contribution >= 0.6 is 0 Å². The Morgan fingerprint density at radius 1 is 1.14 bits per heavy atom. The smallest absolute Gasteiger partial charge is 0.268 e. The molecular formula is C15H16N4O3. The van der Waals surface area contributed by atoms with Crippen molar-refractivity contribution in [2.75, 3.05) is 13.1 Å². The number of aromatic nitrogens is 2. The largest absolute Gasteiger partial charge is 0.272 e. The summed E-state index contributed by atoms with van der Waals surface area (Å²) in [6.45, 7) is 4.77. The van der Waals surface area contributed by atoms with Gasteiger partial charge in [-0.15, -0.1) is 0 Å². The van der Waals surface area contributed by atoms with Crippen LogP contribution in [0.3, 0.4) is 0 Å². The van der Waals surface area contributed by atoms with Crippen LogP contribution in [0.25, 0.3) is 11.0 Å². The molecule has 2 amide bonds. The Balaban J connectivity index is 1.86. The van der Waals surface area contributed by atoms with E-state index in [1.807, 2.05) is 13.8 Å². The highest BCUT2D eigenvalue weighted by Gasteiger charge is 2.30. The number of rotatable bonds is 2. The van der Waals surface area contributed by atoms with E-state index in [-0.39, 0.29) is 11.8 Å². The Labute approximate surface area is 127 Å². The van der Waals surface area contributed by atoms with Gasteiger partial charge in [-0.2, -0.15) is 0 Å². The lowest BCUT2D eigenvalue weighted by Gasteiger charge is -2.27. The van der Waals surface area contributed by atoms with Crippen molar-refractivity contribution in [1.82, 2.24) is 20.3 Å². The van der Waals surface area contributed by atoms with E-state index in [9.17, 15) is 9.59 Å². The van der Waals surface area contributed by atoms with E-state index in [2.05, 4.69) is 14.9 Å². The summed E-state index contributed by atoms with van der Waals surface area (Å²) in [5.41, 5.74) is 2.47. The normalized spacial score (nSPS) is 14.5. The lowest BCUT2D eigenvalue weighted by atomic mass is 10.2. The number of carbonyl (C=O) groups excluding carboxylic acids is 2. The van der Waals surface area contributed by atoms with Crippen LogP contribution in [0.15, 0.2) is 34.5 Å². The highest BCUT2D eigenvalue weighted by molar-refractivity contribution is 5.99. The lowest BCUT2D eigenvalue weighted by molar-refractivity contribution is -0.135. The summed E-state index contributed by atoms with van der Waals surface area (Å²) in [5.74, 6) is -0.395. The maximum Gasteiger partial charge on any atom is 0.272 e. The van der Waals surface area contributed by atoms with Crippen molar-refractivity contribution in [3.63, 3.8) is 0 Å². The first kappa shape index (κ1) is 14.2. The van der Waals surface area contributed by atoms with E-state index >= 15 is 0 Å². The van der Waals surface area contributed by atoms with Gasteiger partial charge in [-0.3, -0.25) is 9.59 Å². The average molecular weight is 300 g/mol. The van der Waals surface area contributed by atoms with Gasteiger partial charge in [-0.1, -0.05) is 5.57 Å². The molecule has 0 N–H and O–H groups in total. The summed E-state index contributed by atoms with van der Waals surface area (Å²) < 4.78 is 4.63. The van der Waals surface area contributed by atoms with Gasteiger partial charge in [0, 0.05) is 24.7 Å².